The number of hydrogen-bond donors (Lipinski definition) is 5. The smallest absolute Gasteiger partial charge is 0.407 e. The number of rotatable bonds is 15. The van der Waals surface area contributed by atoms with Crippen molar-refractivity contribution < 1.29 is 32.1 Å². The van der Waals surface area contributed by atoms with Gasteiger partial charge in [-0.15, -0.1) is 0 Å². The molecule has 276 valence electrons. The van der Waals surface area contributed by atoms with E-state index < -0.39 is 59.1 Å². The number of amides is 4. The van der Waals surface area contributed by atoms with Gasteiger partial charge in [0.1, 0.15) is 41.2 Å². The van der Waals surface area contributed by atoms with E-state index in [-0.39, 0.29) is 13.1 Å². The molecule has 0 saturated carbocycles. The third-order valence-corrected chi connectivity index (χ3v) is 8.77. The molecule has 0 aliphatic rings. The lowest BCUT2D eigenvalue weighted by Crippen LogP contribution is -2.60. The van der Waals surface area contributed by atoms with Crippen molar-refractivity contribution in [1.82, 2.24) is 31.4 Å². The van der Waals surface area contributed by atoms with Gasteiger partial charge in [-0.05, 0) is 40.5 Å². The van der Waals surface area contributed by atoms with Crippen molar-refractivity contribution in [2.45, 2.75) is 78.7 Å². The van der Waals surface area contributed by atoms with Crippen LogP contribution in [-0.2, 0) is 30.4 Å². The van der Waals surface area contributed by atoms with Crippen LogP contribution in [0.4, 0.5) is 9.59 Å². The molecule has 51 heavy (non-hydrogen) atoms. The van der Waals surface area contributed by atoms with Crippen molar-refractivity contribution in [1.29, 1.82) is 0 Å². The Hall–Kier alpha value is -4.28. The normalized spacial score (nSPS) is 14.1. The lowest BCUT2D eigenvalue weighted by atomic mass is 9.85. The number of ether oxygens (including phenoxy) is 1. The number of carbonyl (C=O) groups is 4. The summed E-state index contributed by atoms with van der Waals surface area (Å²) in [6.07, 6.45) is -0.683. The molecular weight excluding hydrogens is 767 g/mol. The Morgan fingerprint density at radius 2 is 1.41 bits per heavy atom. The summed E-state index contributed by atoms with van der Waals surface area (Å²) in [6, 6.07) is 20.3. The van der Waals surface area contributed by atoms with Crippen LogP contribution in [0.3, 0.4) is 0 Å². The monoisotopic (exact) mass is 816 g/mol. The maximum atomic E-state index is 13.9. The van der Waals surface area contributed by atoms with Gasteiger partial charge < -0.3 is 28.9 Å². The summed E-state index contributed by atoms with van der Waals surface area (Å²) in [5, 5.41) is 19.3. The fourth-order valence-electron chi connectivity index (χ4n) is 5.40. The number of methoxy groups -OCH3 is 1. The van der Waals surface area contributed by atoms with Gasteiger partial charge in [-0.25, -0.2) is 14.6 Å². The zero-order valence-corrected chi connectivity index (χ0v) is 32.3. The van der Waals surface area contributed by atoms with E-state index in [9.17, 15) is 24.3 Å². The topological polar surface area (TPSA) is 171 Å². The van der Waals surface area contributed by atoms with Gasteiger partial charge in [0.05, 0.1) is 18.8 Å². The molecule has 1 aromatic heterocycles. The molecule has 3 rings (SSSR count). The number of carbonyl (C=O) groups excluding carboxylic acids is 3. The van der Waals surface area contributed by atoms with Crippen molar-refractivity contribution >= 4 is 47.0 Å². The SMILES string of the molecule is COC(=O)N[C@H](C(=O)N[C@@H](Cc1ccccc1)[C@H](CN(Cc1ccc(-c2ccccn2)cc1)NC(=O)[C@H](NC(=O)O)C(C)(C)C)OI)C(C)(C)C. The van der Waals surface area contributed by atoms with Gasteiger partial charge in [0.2, 0.25) is 5.91 Å². The van der Waals surface area contributed by atoms with Gasteiger partial charge in [-0.3, -0.25) is 20.0 Å². The third kappa shape index (κ3) is 13.1. The Morgan fingerprint density at radius 3 is 1.94 bits per heavy atom. The standard InChI is InChI=1S/C37H49IN6O7/c1-36(2,3)30(42-35(49)50-7)32(45)40-28(21-24-13-9-8-10-14-24)29(51-38)23-44(43-33(46)31(37(4,5)6)41-34(47)48)22-25-16-18-26(19-17-25)27-15-11-12-20-39-27/h8-20,28-31,41H,21-23H2,1-7H3,(H,40,45)(H,42,49)(H,43,46)(H,47,48)/t28-,29-,30+,31-/m0/s1. The highest BCUT2D eigenvalue weighted by Gasteiger charge is 2.38. The van der Waals surface area contributed by atoms with Crippen LogP contribution in [0, 0.1) is 10.8 Å². The number of benzene rings is 2. The molecule has 0 saturated heterocycles. The van der Waals surface area contributed by atoms with Crippen LogP contribution < -0.4 is 21.4 Å². The number of halogens is 1. The summed E-state index contributed by atoms with van der Waals surface area (Å²) in [5.41, 5.74) is 5.01. The van der Waals surface area contributed by atoms with Crippen molar-refractivity contribution in [2.75, 3.05) is 13.7 Å². The van der Waals surface area contributed by atoms with E-state index in [1.807, 2.05) is 93.6 Å². The molecule has 0 aliphatic carbocycles. The van der Waals surface area contributed by atoms with E-state index >= 15 is 0 Å². The molecule has 1 heterocycles. The molecule has 14 heteroatoms. The zero-order chi connectivity index (χ0) is 37.8. The van der Waals surface area contributed by atoms with Gasteiger partial charge in [0.25, 0.3) is 5.91 Å². The van der Waals surface area contributed by atoms with Crippen LogP contribution in [0.25, 0.3) is 11.3 Å². The van der Waals surface area contributed by atoms with E-state index in [1.54, 1.807) is 55.0 Å². The molecule has 2 aromatic carbocycles. The number of hydrogen-bond acceptors (Lipinski definition) is 8. The largest absolute Gasteiger partial charge is 0.465 e. The molecule has 0 fully saturated rings. The van der Waals surface area contributed by atoms with E-state index in [2.05, 4.69) is 26.4 Å². The second-order valence-electron chi connectivity index (χ2n) is 14.4. The quantitative estimate of drug-likeness (QED) is 0.0983. The van der Waals surface area contributed by atoms with E-state index in [1.165, 1.54) is 7.11 Å². The minimum Gasteiger partial charge on any atom is -0.465 e. The summed E-state index contributed by atoms with van der Waals surface area (Å²) >= 11 is 1.79. The molecular formula is C37H49IN6O7. The zero-order valence-electron chi connectivity index (χ0n) is 30.1. The first-order valence-electron chi connectivity index (χ1n) is 16.5. The maximum Gasteiger partial charge on any atom is 0.407 e. The molecule has 4 atom stereocenters. The summed E-state index contributed by atoms with van der Waals surface area (Å²) in [4.78, 5) is 56.0. The summed E-state index contributed by atoms with van der Waals surface area (Å²) in [7, 11) is 1.23. The number of nitrogens with zero attached hydrogens (tertiary/aromatic N) is 2. The van der Waals surface area contributed by atoms with E-state index in [0.29, 0.717) is 6.42 Å². The van der Waals surface area contributed by atoms with Crippen LogP contribution in [0.15, 0.2) is 79.0 Å². The summed E-state index contributed by atoms with van der Waals surface area (Å²) < 4.78 is 10.8. The van der Waals surface area contributed by atoms with E-state index in [4.69, 9.17) is 7.80 Å². The Labute approximate surface area is 313 Å². The van der Waals surface area contributed by atoms with Gasteiger partial charge in [0.15, 0.2) is 0 Å². The predicted octanol–water partition coefficient (Wildman–Crippen LogP) is 5.50. The third-order valence-electron chi connectivity index (χ3n) is 8.12. The highest BCUT2D eigenvalue weighted by molar-refractivity contribution is 14.1. The number of pyridine rings is 1. The summed E-state index contributed by atoms with van der Waals surface area (Å²) in [5.74, 6) is -0.993. The highest BCUT2D eigenvalue weighted by atomic mass is 127. The van der Waals surface area contributed by atoms with Gasteiger partial charge >= 0.3 is 12.2 Å². The van der Waals surface area contributed by atoms with Crippen LogP contribution in [0.2, 0.25) is 0 Å². The summed E-state index contributed by atoms with van der Waals surface area (Å²) in [6.45, 7) is 11.1. The molecule has 4 amide bonds. The number of aromatic nitrogens is 1. The molecule has 13 nitrogen and oxygen atoms in total. The second kappa shape index (κ2) is 18.8. The average molecular weight is 817 g/mol. The minimum atomic E-state index is -1.32. The van der Waals surface area contributed by atoms with Gasteiger partial charge in [-0.2, -0.15) is 0 Å². The first-order chi connectivity index (χ1) is 24.0. The second-order valence-corrected chi connectivity index (χ2v) is 14.9. The average Bonchev–Trinajstić information content (AvgIpc) is 3.08. The number of alkyl carbamates (subject to hydrolysis) is 1. The van der Waals surface area contributed by atoms with E-state index in [0.717, 1.165) is 22.4 Å². The first-order valence-corrected chi connectivity index (χ1v) is 17.4. The molecule has 5 N–H and O–H groups in total. The van der Waals surface area contributed by atoms with Crippen molar-refractivity contribution in [3.63, 3.8) is 0 Å². The molecule has 0 bridgehead atoms. The molecule has 3 aromatic rings. The molecule has 0 aliphatic heterocycles. The van der Waals surface area contributed by atoms with Crippen molar-refractivity contribution in [3.05, 3.63) is 90.1 Å². The van der Waals surface area contributed by atoms with Crippen LogP contribution >= 0.6 is 23.0 Å². The Kier molecular flexibility index (Phi) is 15.2. The van der Waals surface area contributed by atoms with Gasteiger partial charge in [0, 0.05) is 24.8 Å². The maximum absolute atomic E-state index is 13.9. The molecule has 0 unspecified atom stereocenters. The minimum absolute atomic E-state index is 0.0863. The Balaban J connectivity index is 1.99. The number of hydrazine groups is 1. The molecule has 0 spiro atoms. The predicted molar refractivity (Wildman–Crippen MR) is 202 cm³/mol. The van der Waals surface area contributed by atoms with Gasteiger partial charge in [-0.1, -0.05) is 102 Å². The number of nitrogens with one attached hydrogen (secondary N) is 4. The Morgan fingerprint density at radius 1 is 0.804 bits per heavy atom. The van der Waals surface area contributed by atoms with Crippen LogP contribution in [0.1, 0.15) is 52.7 Å². The fourth-order valence-corrected chi connectivity index (χ4v) is 5.92. The van der Waals surface area contributed by atoms with Crippen molar-refractivity contribution in [2.24, 2.45) is 10.8 Å². The van der Waals surface area contributed by atoms with Crippen LogP contribution in [-0.4, -0.2) is 77.0 Å². The Bertz CT molecular complexity index is 1580. The lowest BCUT2D eigenvalue weighted by molar-refractivity contribution is -0.132. The van der Waals surface area contributed by atoms with Crippen molar-refractivity contribution in [3.8, 4) is 11.3 Å². The molecule has 0 radical (unpaired) electrons. The first kappa shape index (κ1) is 41.1. The highest BCUT2D eigenvalue weighted by Crippen LogP contribution is 2.23. The van der Waals surface area contributed by atoms with Crippen LogP contribution in [0.5, 0.6) is 0 Å². The lowest BCUT2D eigenvalue weighted by Gasteiger charge is -2.36. The number of carboxylic acid groups (broad SMARTS) is 1. The fraction of sp³-hybridized carbons (Fsp3) is 0.432.